The molecule has 0 radical (unpaired) electrons. The molecule has 3 rings (SSSR count). The first-order valence-electron chi connectivity index (χ1n) is 7.64. The van der Waals surface area contributed by atoms with Crippen LogP contribution in [0.25, 0.3) is 0 Å². The fourth-order valence-electron chi connectivity index (χ4n) is 2.54. The van der Waals surface area contributed by atoms with Crippen LogP contribution in [0.1, 0.15) is 20.4 Å². The van der Waals surface area contributed by atoms with Crippen LogP contribution < -0.4 is 5.32 Å². The zero-order valence-electron chi connectivity index (χ0n) is 13.3. The highest BCUT2D eigenvalue weighted by molar-refractivity contribution is 7.13. The Bertz CT molecular complexity index is 707. The second-order valence-electron chi connectivity index (χ2n) is 5.39. The number of pyridine rings is 1. The monoisotopic (exact) mass is 346 g/mol. The number of nitrogens with one attached hydrogen (secondary N) is 1. The number of methoxy groups -OCH3 is 1. The third kappa shape index (κ3) is 3.77. The number of anilines is 1. The summed E-state index contributed by atoms with van der Waals surface area (Å²) >= 11 is 1.40. The molecule has 0 saturated heterocycles. The van der Waals surface area contributed by atoms with E-state index in [-0.39, 0.29) is 18.4 Å². The van der Waals surface area contributed by atoms with Gasteiger partial charge in [0.2, 0.25) is 5.91 Å². The molecular weight excluding hydrogens is 328 g/mol. The molecule has 0 aliphatic carbocycles. The van der Waals surface area contributed by atoms with Gasteiger partial charge in [-0.3, -0.25) is 14.6 Å². The van der Waals surface area contributed by atoms with Gasteiger partial charge >= 0.3 is 0 Å². The zero-order valence-corrected chi connectivity index (χ0v) is 14.1. The van der Waals surface area contributed by atoms with Crippen LogP contribution in [0, 0.1) is 0 Å². The van der Waals surface area contributed by atoms with Gasteiger partial charge in [-0.15, -0.1) is 11.3 Å². The van der Waals surface area contributed by atoms with Crippen molar-refractivity contribution < 1.29 is 14.3 Å². The lowest BCUT2D eigenvalue weighted by Crippen LogP contribution is -2.35. The summed E-state index contributed by atoms with van der Waals surface area (Å²) in [5.74, 6) is -0.227. The van der Waals surface area contributed by atoms with Crippen molar-refractivity contribution in [3.8, 4) is 0 Å². The van der Waals surface area contributed by atoms with Crippen molar-refractivity contribution in [2.75, 3.05) is 32.1 Å². The number of fused-ring (bicyclic) bond motifs is 1. The van der Waals surface area contributed by atoms with Gasteiger partial charge in [-0.05, 0) is 12.1 Å². The molecule has 0 atom stereocenters. The molecule has 7 nitrogen and oxygen atoms in total. The number of aromatic nitrogens is 2. The number of rotatable bonds is 4. The number of amides is 2. The second kappa shape index (κ2) is 7.50. The van der Waals surface area contributed by atoms with Crippen LogP contribution >= 0.6 is 11.3 Å². The average molecular weight is 346 g/mol. The number of hydrogen-bond donors (Lipinski definition) is 1. The Morgan fingerprint density at radius 1 is 1.29 bits per heavy atom. The minimum Gasteiger partial charge on any atom is -0.375 e. The lowest BCUT2D eigenvalue weighted by Gasteiger charge is -2.19. The molecular formula is C16H18N4O3S. The SMILES string of the molecule is COCC(=O)N1CCc2nc(C(=O)Nc3ccncc3)sc2CC1. The number of thiazole rings is 1. The number of nitrogens with zero attached hydrogens (tertiary/aromatic N) is 3. The fourth-order valence-corrected chi connectivity index (χ4v) is 3.54. The highest BCUT2D eigenvalue weighted by Gasteiger charge is 2.23. The van der Waals surface area contributed by atoms with E-state index in [9.17, 15) is 9.59 Å². The maximum atomic E-state index is 12.3. The third-order valence-electron chi connectivity index (χ3n) is 3.76. The molecule has 2 aromatic heterocycles. The van der Waals surface area contributed by atoms with Crippen molar-refractivity contribution >= 4 is 28.8 Å². The van der Waals surface area contributed by atoms with Crippen LogP contribution in [0.15, 0.2) is 24.5 Å². The van der Waals surface area contributed by atoms with Crippen LogP contribution in [-0.2, 0) is 22.4 Å². The maximum Gasteiger partial charge on any atom is 0.284 e. The summed E-state index contributed by atoms with van der Waals surface area (Å²) < 4.78 is 4.90. The van der Waals surface area contributed by atoms with Crippen molar-refractivity contribution in [2.45, 2.75) is 12.8 Å². The van der Waals surface area contributed by atoms with E-state index < -0.39 is 0 Å². The molecule has 8 heteroatoms. The summed E-state index contributed by atoms with van der Waals surface area (Å²) in [7, 11) is 1.52. The first kappa shape index (κ1) is 16.5. The first-order valence-corrected chi connectivity index (χ1v) is 8.45. The van der Waals surface area contributed by atoms with Crippen LogP contribution in [-0.4, -0.2) is 53.5 Å². The van der Waals surface area contributed by atoms with Gasteiger partial charge in [-0.25, -0.2) is 4.98 Å². The highest BCUT2D eigenvalue weighted by atomic mass is 32.1. The molecule has 0 saturated carbocycles. The summed E-state index contributed by atoms with van der Waals surface area (Å²) in [6, 6.07) is 3.46. The molecule has 1 N–H and O–H groups in total. The second-order valence-corrected chi connectivity index (χ2v) is 6.48. The highest BCUT2D eigenvalue weighted by Crippen LogP contribution is 2.24. The van der Waals surface area contributed by atoms with E-state index in [0.29, 0.717) is 36.6 Å². The van der Waals surface area contributed by atoms with Crippen molar-refractivity contribution in [1.29, 1.82) is 0 Å². The predicted molar refractivity (Wildman–Crippen MR) is 90.2 cm³/mol. The van der Waals surface area contributed by atoms with Gasteiger partial charge in [-0.1, -0.05) is 0 Å². The lowest BCUT2D eigenvalue weighted by molar-refractivity contribution is -0.135. The molecule has 0 aromatic carbocycles. The molecule has 1 aliphatic heterocycles. The Labute approximate surface area is 143 Å². The van der Waals surface area contributed by atoms with E-state index in [4.69, 9.17) is 4.74 Å². The third-order valence-corrected chi connectivity index (χ3v) is 4.91. The van der Waals surface area contributed by atoms with E-state index in [1.807, 2.05) is 0 Å². The Morgan fingerprint density at radius 2 is 2.04 bits per heavy atom. The predicted octanol–water partition coefficient (Wildman–Crippen LogP) is 1.36. The van der Waals surface area contributed by atoms with E-state index >= 15 is 0 Å². The number of carbonyl (C=O) groups is 2. The van der Waals surface area contributed by atoms with E-state index in [0.717, 1.165) is 10.6 Å². The number of hydrogen-bond acceptors (Lipinski definition) is 6. The molecule has 126 valence electrons. The molecule has 2 aromatic rings. The summed E-state index contributed by atoms with van der Waals surface area (Å²) in [6.07, 6.45) is 4.62. The Balaban J connectivity index is 1.66. The van der Waals surface area contributed by atoms with Gasteiger partial charge in [0, 0.05) is 56.0 Å². The quantitative estimate of drug-likeness (QED) is 0.904. The number of ether oxygens (including phenoxy) is 1. The van der Waals surface area contributed by atoms with Crippen LogP contribution in [0.4, 0.5) is 5.69 Å². The fraction of sp³-hybridized carbons (Fsp3) is 0.375. The van der Waals surface area contributed by atoms with E-state index in [1.54, 1.807) is 29.4 Å². The van der Waals surface area contributed by atoms with Crippen molar-refractivity contribution in [3.05, 3.63) is 40.1 Å². The molecule has 0 bridgehead atoms. The minimum absolute atomic E-state index is 0.0108. The molecule has 2 amide bonds. The topological polar surface area (TPSA) is 84.4 Å². The summed E-state index contributed by atoms with van der Waals surface area (Å²) in [5.41, 5.74) is 1.60. The summed E-state index contributed by atoms with van der Waals surface area (Å²) in [6.45, 7) is 1.33. The summed E-state index contributed by atoms with van der Waals surface area (Å²) in [4.78, 5) is 35.5. The van der Waals surface area contributed by atoms with Gasteiger partial charge in [0.25, 0.3) is 5.91 Å². The van der Waals surface area contributed by atoms with Crippen molar-refractivity contribution in [1.82, 2.24) is 14.9 Å². The zero-order chi connectivity index (χ0) is 16.9. The molecule has 0 spiro atoms. The smallest absolute Gasteiger partial charge is 0.284 e. The molecule has 0 unspecified atom stereocenters. The Hall–Kier alpha value is -2.32. The van der Waals surface area contributed by atoms with Gasteiger partial charge in [0.05, 0.1) is 5.69 Å². The van der Waals surface area contributed by atoms with E-state index in [2.05, 4.69) is 15.3 Å². The van der Waals surface area contributed by atoms with Gasteiger partial charge in [0.1, 0.15) is 6.61 Å². The first-order chi connectivity index (χ1) is 11.7. The van der Waals surface area contributed by atoms with E-state index in [1.165, 1.54) is 18.4 Å². The maximum absolute atomic E-state index is 12.3. The van der Waals surface area contributed by atoms with Crippen LogP contribution in [0.3, 0.4) is 0 Å². The van der Waals surface area contributed by atoms with Gasteiger partial charge in [-0.2, -0.15) is 0 Å². The molecule has 1 aliphatic rings. The Morgan fingerprint density at radius 3 is 2.79 bits per heavy atom. The largest absolute Gasteiger partial charge is 0.375 e. The number of carbonyl (C=O) groups excluding carboxylic acids is 2. The van der Waals surface area contributed by atoms with Crippen LogP contribution in [0.2, 0.25) is 0 Å². The van der Waals surface area contributed by atoms with Gasteiger partial charge in [0.15, 0.2) is 5.01 Å². The standard InChI is InChI=1S/C16H18N4O3S/c1-23-10-14(21)20-8-4-12-13(5-9-20)24-16(19-12)15(22)18-11-2-6-17-7-3-11/h2-3,6-7H,4-5,8-10H2,1H3,(H,17,18,22). The minimum atomic E-state index is -0.216. The molecule has 0 fully saturated rings. The molecule has 24 heavy (non-hydrogen) atoms. The Kier molecular flexibility index (Phi) is 5.17. The van der Waals surface area contributed by atoms with Crippen molar-refractivity contribution in [2.24, 2.45) is 0 Å². The van der Waals surface area contributed by atoms with Gasteiger partial charge < -0.3 is 15.0 Å². The lowest BCUT2D eigenvalue weighted by atomic mass is 10.2. The molecule has 3 heterocycles. The van der Waals surface area contributed by atoms with Crippen LogP contribution in [0.5, 0.6) is 0 Å². The van der Waals surface area contributed by atoms with Crippen molar-refractivity contribution in [3.63, 3.8) is 0 Å². The normalized spacial score (nSPS) is 14.0. The summed E-state index contributed by atoms with van der Waals surface area (Å²) in [5, 5.41) is 3.27. The average Bonchev–Trinajstić information content (AvgIpc) is 2.89.